The summed E-state index contributed by atoms with van der Waals surface area (Å²) >= 11 is 6.06. The summed E-state index contributed by atoms with van der Waals surface area (Å²) in [5.41, 5.74) is 6.96. The summed E-state index contributed by atoms with van der Waals surface area (Å²) < 4.78 is 15.4. The maximum atomic E-state index is 12.7. The Morgan fingerprint density at radius 1 is 1.36 bits per heavy atom. The highest BCUT2D eigenvalue weighted by atomic mass is 35.5. The van der Waals surface area contributed by atoms with E-state index in [-0.39, 0.29) is 41.6 Å². The first kappa shape index (κ1) is 21.1. The third kappa shape index (κ3) is 4.72. The van der Waals surface area contributed by atoms with E-state index in [4.69, 9.17) is 31.5 Å². The van der Waals surface area contributed by atoms with Crippen LogP contribution in [0.3, 0.4) is 0 Å². The van der Waals surface area contributed by atoms with Crippen molar-refractivity contribution in [2.24, 2.45) is 5.73 Å². The lowest BCUT2D eigenvalue weighted by atomic mass is 9.83. The first-order chi connectivity index (χ1) is 13.3. The molecule has 0 fully saturated rings. The number of benzene rings is 1. The molecule has 8 heteroatoms. The minimum absolute atomic E-state index is 0.0179. The molecule has 0 saturated heterocycles. The monoisotopic (exact) mass is 402 g/mol. The van der Waals surface area contributed by atoms with E-state index in [9.17, 15) is 14.9 Å². The predicted octanol–water partition coefficient (Wildman–Crippen LogP) is 3.08. The molecular weight excluding hydrogens is 384 g/mol. The highest BCUT2D eigenvalue weighted by Gasteiger charge is 2.36. The molecule has 0 saturated carbocycles. The molecule has 2 rings (SSSR count). The SMILES string of the molecule is C=C(C)C(=O)OCCOC(=O)C1=C(N)OC(C)=C(C#N)C1c1cccc(Cl)c1. The fourth-order valence-corrected chi connectivity index (χ4v) is 2.81. The van der Waals surface area contributed by atoms with Crippen LogP contribution in [-0.4, -0.2) is 25.2 Å². The van der Waals surface area contributed by atoms with Crippen molar-refractivity contribution < 1.29 is 23.8 Å². The molecule has 1 atom stereocenters. The molecule has 1 aliphatic rings. The van der Waals surface area contributed by atoms with Crippen LogP contribution in [0.5, 0.6) is 0 Å². The van der Waals surface area contributed by atoms with Gasteiger partial charge < -0.3 is 19.9 Å². The van der Waals surface area contributed by atoms with Crippen molar-refractivity contribution in [2.75, 3.05) is 13.2 Å². The quantitative estimate of drug-likeness (QED) is 0.442. The number of esters is 2. The summed E-state index contributed by atoms with van der Waals surface area (Å²) in [5.74, 6) is -2.03. The van der Waals surface area contributed by atoms with Gasteiger partial charge >= 0.3 is 11.9 Å². The Kier molecular flexibility index (Phi) is 6.85. The largest absolute Gasteiger partial charge is 0.459 e. The van der Waals surface area contributed by atoms with E-state index in [2.05, 4.69) is 12.6 Å². The third-order valence-corrected chi connectivity index (χ3v) is 4.14. The highest BCUT2D eigenvalue weighted by molar-refractivity contribution is 6.30. The Morgan fingerprint density at radius 3 is 2.64 bits per heavy atom. The van der Waals surface area contributed by atoms with Gasteiger partial charge in [-0.25, -0.2) is 9.59 Å². The van der Waals surface area contributed by atoms with Gasteiger partial charge in [0.05, 0.1) is 17.6 Å². The highest BCUT2D eigenvalue weighted by Crippen LogP contribution is 2.40. The van der Waals surface area contributed by atoms with E-state index in [1.54, 1.807) is 31.2 Å². The zero-order valence-electron chi connectivity index (χ0n) is 15.5. The van der Waals surface area contributed by atoms with Crippen LogP contribution in [-0.2, 0) is 23.8 Å². The number of halogens is 1. The molecule has 0 aliphatic carbocycles. The van der Waals surface area contributed by atoms with E-state index in [1.165, 1.54) is 6.92 Å². The lowest BCUT2D eigenvalue weighted by Crippen LogP contribution is -2.27. The first-order valence-electron chi connectivity index (χ1n) is 8.29. The molecule has 146 valence electrons. The smallest absolute Gasteiger partial charge is 0.340 e. The molecular formula is C20H19ClN2O5. The number of hydrogen-bond donors (Lipinski definition) is 1. The average Bonchev–Trinajstić information content (AvgIpc) is 2.64. The molecule has 1 heterocycles. The molecule has 2 N–H and O–H groups in total. The van der Waals surface area contributed by atoms with Crippen molar-refractivity contribution in [2.45, 2.75) is 19.8 Å². The maximum Gasteiger partial charge on any atom is 0.340 e. The van der Waals surface area contributed by atoms with Crippen molar-refractivity contribution in [3.63, 3.8) is 0 Å². The Hall–Kier alpha value is -3.24. The number of nitrogens with two attached hydrogens (primary N) is 1. The van der Waals surface area contributed by atoms with Crippen molar-refractivity contribution in [1.29, 1.82) is 5.26 Å². The van der Waals surface area contributed by atoms with Gasteiger partial charge in [0.1, 0.15) is 24.5 Å². The number of nitriles is 1. The maximum absolute atomic E-state index is 12.7. The van der Waals surface area contributed by atoms with Crippen LogP contribution in [0, 0.1) is 11.3 Å². The molecule has 1 aromatic rings. The van der Waals surface area contributed by atoms with E-state index in [1.807, 2.05) is 0 Å². The molecule has 0 spiro atoms. The second-order valence-corrected chi connectivity index (χ2v) is 6.44. The van der Waals surface area contributed by atoms with Gasteiger partial charge in [0.15, 0.2) is 0 Å². The minimum Gasteiger partial charge on any atom is -0.459 e. The normalized spacial score (nSPS) is 16.1. The molecule has 1 aliphatic heterocycles. The predicted molar refractivity (Wildman–Crippen MR) is 102 cm³/mol. The van der Waals surface area contributed by atoms with Crippen molar-refractivity contribution in [3.05, 3.63) is 69.8 Å². The molecule has 0 radical (unpaired) electrons. The number of ether oxygens (including phenoxy) is 3. The van der Waals surface area contributed by atoms with Crippen LogP contribution >= 0.6 is 11.6 Å². The van der Waals surface area contributed by atoms with Gasteiger partial charge in [-0.3, -0.25) is 0 Å². The van der Waals surface area contributed by atoms with E-state index < -0.39 is 17.9 Å². The molecule has 0 aromatic heterocycles. The molecule has 7 nitrogen and oxygen atoms in total. The second kappa shape index (κ2) is 9.11. The number of allylic oxidation sites excluding steroid dienone is 2. The zero-order valence-corrected chi connectivity index (χ0v) is 16.2. The minimum atomic E-state index is -0.789. The number of rotatable bonds is 6. The first-order valence-corrected chi connectivity index (χ1v) is 8.67. The Labute approximate surface area is 167 Å². The summed E-state index contributed by atoms with van der Waals surface area (Å²) in [6.45, 7) is 6.21. The number of carbonyl (C=O) groups is 2. The fraction of sp³-hybridized carbons (Fsp3) is 0.250. The van der Waals surface area contributed by atoms with Gasteiger partial charge in [0.25, 0.3) is 0 Å². The Morgan fingerprint density at radius 2 is 2.04 bits per heavy atom. The summed E-state index contributed by atoms with van der Waals surface area (Å²) in [6, 6.07) is 8.79. The summed E-state index contributed by atoms with van der Waals surface area (Å²) in [5, 5.41) is 10.0. The number of carbonyl (C=O) groups excluding carboxylic acids is 2. The van der Waals surface area contributed by atoms with Crippen molar-refractivity contribution in [3.8, 4) is 6.07 Å². The van der Waals surface area contributed by atoms with Gasteiger partial charge in [0.2, 0.25) is 5.88 Å². The molecule has 28 heavy (non-hydrogen) atoms. The van der Waals surface area contributed by atoms with Gasteiger partial charge in [0, 0.05) is 10.6 Å². The standard InChI is InChI=1S/C20H19ClN2O5/c1-11(2)19(24)26-7-8-27-20(25)17-16(13-5-4-6-14(21)9-13)15(10-22)12(3)28-18(17)23/h4-6,9,16H,1,7-8,23H2,2-3H3. The van der Waals surface area contributed by atoms with Crippen LogP contribution in [0.1, 0.15) is 25.3 Å². The van der Waals surface area contributed by atoms with Gasteiger partial charge in [-0.05, 0) is 31.5 Å². The van der Waals surface area contributed by atoms with Crippen molar-refractivity contribution >= 4 is 23.5 Å². The van der Waals surface area contributed by atoms with Crippen LogP contribution in [0.2, 0.25) is 5.02 Å². The van der Waals surface area contributed by atoms with E-state index in [0.717, 1.165) is 0 Å². The van der Waals surface area contributed by atoms with Gasteiger partial charge in [-0.1, -0.05) is 30.3 Å². The van der Waals surface area contributed by atoms with Gasteiger partial charge in [-0.2, -0.15) is 5.26 Å². The third-order valence-electron chi connectivity index (χ3n) is 3.91. The lowest BCUT2D eigenvalue weighted by Gasteiger charge is -2.26. The number of hydrogen-bond acceptors (Lipinski definition) is 7. The Bertz CT molecular complexity index is 927. The topological polar surface area (TPSA) is 112 Å². The zero-order chi connectivity index (χ0) is 20.8. The average molecular weight is 403 g/mol. The molecule has 0 bridgehead atoms. The lowest BCUT2D eigenvalue weighted by molar-refractivity contribution is -0.147. The van der Waals surface area contributed by atoms with Gasteiger partial charge in [-0.15, -0.1) is 0 Å². The van der Waals surface area contributed by atoms with E-state index >= 15 is 0 Å². The summed E-state index contributed by atoms with van der Waals surface area (Å²) in [7, 11) is 0. The molecule has 1 aromatic carbocycles. The molecule has 1 unspecified atom stereocenters. The Balaban J connectivity index is 2.25. The van der Waals surface area contributed by atoms with Crippen molar-refractivity contribution in [1.82, 2.24) is 0 Å². The molecule has 0 amide bonds. The second-order valence-electron chi connectivity index (χ2n) is 6.00. The fourth-order valence-electron chi connectivity index (χ4n) is 2.62. The van der Waals surface area contributed by atoms with Crippen LogP contribution in [0.4, 0.5) is 0 Å². The van der Waals surface area contributed by atoms with E-state index in [0.29, 0.717) is 10.6 Å². The number of nitrogens with zero attached hydrogens (tertiary/aromatic N) is 1. The summed E-state index contributed by atoms with van der Waals surface area (Å²) in [4.78, 5) is 24.0. The van der Waals surface area contributed by atoms with Crippen LogP contribution in [0.15, 0.2) is 59.2 Å². The van der Waals surface area contributed by atoms with Crippen LogP contribution < -0.4 is 5.73 Å². The van der Waals surface area contributed by atoms with Crippen LogP contribution in [0.25, 0.3) is 0 Å². The summed E-state index contributed by atoms with van der Waals surface area (Å²) in [6.07, 6.45) is 0.